The zero-order valence-corrected chi connectivity index (χ0v) is 17.4. The largest absolute Gasteiger partial charge is 0.341 e. The molecule has 1 amide bonds. The van der Waals surface area contributed by atoms with Gasteiger partial charge in [0.1, 0.15) is 11.6 Å². The van der Waals surface area contributed by atoms with Crippen LogP contribution in [0.3, 0.4) is 0 Å². The molecule has 0 aliphatic carbocycles. The molecule has 0 aromatic heterocycles. The predicted octanol–water partition coefficient (Wildman–Crippen LogP) is 1.71. The molecule has 30 heavy (non-hydrogen) atoms. The molecule has 1 heterocycles. The van der Waals surface area contributed by atoms with Crippen LogP contribution in [0.1, 0.15) is 12.8 Å². The summed E-state index contributed by atoms with van der Waals surface area (Å²) in [7, 11) is -7.71. The van der Waals surface area contributed by atoms with Gasteiger partial charge in [-0.25, -0.2) is 30.3 Å². The molecule has 1 aliphatic rings. The van der Waals surface area contributed by atoms with Crippen LogP contribution in [-0.2, 0) is 24.7 Å². The average Bonchev–Trinajstić information content (AvgIpc) is 2.72. The summed E-state index contributed by atoms with van der Waals surface area (Å²) in [5, 5.41) is -0.712. The van der Waals surface area contributed by atoms with Gasteiger partial charge in [-0.05, 0) is 55.3 Å². The van der Waals surface area contributed by atoms with Crippen LogP contribution in [0.25, 0.3) is 0 Å². The van der Waals surface area contributed by atoms with Gasteiger partial charge >= 0.3 is 0 Å². The molecule has 11 heteroatoms. The molecule has 1 N–H and O–H groups in total. The van der Waals surface area contributed by atoms with E-state index >= 15 is 0 Å². The number of carbonyl (C=O) groups is 1. The lowest BCUT2D eigenvalue weighted by atomic mass is 10.1. The molecule has 1 saturated heterocycles. The Balaban J connectivity index is 1.57. The van der Waals surface area contributed by atoms with E-state index in [2.05, 4.69) is 4.72 Å². The molecule has 162 valence electrons. The van der Waals surface area contributed by atoms with Gasteiger partial charge in [0.05, 0.1) is 21.6 Å². The van der Waals surface area contributed by atoms with Gasteiger partial charge in [-0.2, -0.15) is 0 Å². The Morgan fingerprint density at radius 1 is 0.933 bits per heavy atom. The van der Waals surface area contributed by atoms with Crippen LogP contribution in [0.2, 0.25) is 0 Å². The van der Waals surface area contributed by atoms with E-state index in [-0.39, 0.29) is 35.7 Å². The molecule has 3 rings (SSSR count). The minimum absolute atomic E-state index is 0.0246. The van der Waals surface area contributed by atoms with Gasteiger partial charge in [0.25, 0.3) is 0 Å². The van der Waals surface area contributed by atoms with Gasteiger partial charge < -0.3 is 4.90 Å². The summed E-state index contributed by atoms with van der Waals surface area (Å²) >= 11 is 0. The number of hydrogen-bond donors (Lipinski definition) is 1. The van der Waals surface area contributed by atoms with E-state index < -0.39 is 49.2 Å². The molecule has 0 radical (unpaired) electrons. The third kappa shape index (κ3) is 5.02. The third-order valence-corrected chi connectivity index (χ3v) is 8.57. The van der Waals surface area contributed by atoms with Crippen LogP contribution >= 0.6 is 0 Å². The summed E-state index contributed by atoms with van der Waals surface area (Å²) in [6.07, 6.45) is 0.365. The minimum Gasteiger partial charge on any atom is -0.341 e. The van der Waals surface area contributed by atoms with Crippen molar-refractivity contribution in [2.45, 2.75) is 27.9 Å². The molecule has 0 atom stereocenters. The van der Waals surface area contributed by atoms with Crippen molar-refractivity contribution in [1.29, 1.82) is 0 Å². The number of sulfonamides is 1. The predicted molar refractivity (Wildman–Crippen MR) is 105 cm³/mol. The Morgan fingerprint density at radius 2 is 1.57 bits per heavy atom. The molecule has 1 fully saturated rings. The fourth-order valence-corrected chi connectivity index (χ4v) is 5.96. The third-order valence-electron chi connectivity index (χ3n) is 4.90. The maximum atomic E-state index is 13.2. The average molecular weight is 459 g/mol. The van der Waals surface area contributed by atoms with Crippen molar-refractivity contribution in [3.8, 4) is 0 Å². The Bertz CT molecular complexity index is 1130. The van der Waals surface area contributed by atoms with Crippen molar-refractivity contribution in [1.82, 2.24) is 9.62 Å². The molecule has 0 unspecified atom stereocenters. The monoisotopic (exact) mass is 458 g/mol. The zero-order valence-electron chi connectivity index (χ0n) is 15.8. The molecule has 0 spiro atoms. The van der Waals surface area contributed by atoms with E-state index in [1.807, 2.05) is 0 Å². The summed E-state index contributed by atoms with van der Waals surface area (Å²) < 4.78 is 78.1. The summed E-state index contributed by atoms with van der Waals surface area (Å²) in [4.78, 5) is 13.5. The lowest BCUT2D eigenvalue weighted by molar-refractivity contribution is -0.130. The number of likely N-dealkylation sites (tertiary alicyclic amines) is 1. The van der Waals surface area contributed by atoms with Crippen LogP contribution < -0.4 is 4.72 Å². The smallest absolute Gasteiger partial charge is 0.241 e. The van der Waals surface area contributed by atoms with E-state index in [0.29, 0.717) is 0 Å². The number of halogens is 2. The summed E-state index contributed by atoms with van der Waals surface area (Å²) in [6, 6.07) is 8.99. The first-order chi connectivity index (χ1) is 14.1. The fraction of sp³-hybridized carbons (Fsp3) is 0.316. The number of hydrogen-bond acceptors (Lipinski definition) is 5. The van der Waals surface area contributed by atoms with E-state index in [1.165, 1.54) is 29.2 Å². The van der Waals surface area contributed by atoms with Gasteiger partial charge in [0, 0.05) is 13.1 Å². The maximum Gasteiger partial charge on any atom is 0.241 e. The summed E-state index contributed by atoms with van der Waals surface area (Å²) in [5.74, 6) is -1.75. The molecule has 0 saturated carbocycles. The standard InChI is InChI=1S/C19H20F2N2O5S2/c20-14-4-6-16(7-5-14)29(25,26)17-8-10-23(11-9-17)19(24)13-22-30(27,28)18-3-1-2-15(21)12-18/h1-7,12,17,22H,8-11,13H2. The SMILES string of the molecule is O=C(CNS(=O)(=O)c1cccc(F)c1)N1CCC(S(=O)(=O)c2ccc(F)cc2)CC1. The van der Waals surface area contributed by atoms with Crippen molar-refractivity contribution >= 4 is 25.8 Å². The van der Waals surface area contributed by atoms with Crippen molar-refractivity contribution in [2.24, 2.45) is 0 Å². The summed E-state index contributed by atoms with van der Waals surface area (Å²) in [5.41, 5.74) is 0. The van der Waals surface area contributed by atoms with Gasteiger partial charge in [0.15, 0.2) is 9.84 Å². The number of rotatable bonds is 6. The van der Waals surface area contributed by atoms with Crippen LogP contribution in [0.15, 0.2) is 58.3 Å². The highest BCUT2D eigenvalue weighted by Crippen LogP contribution is 2.25. The first-order valence-electron chi connectivity index (χ1n) is 9.12. The van der Waals surface area contributed by atoms with Crippen LogP contribution in [0, 0.1) is 11.6 Å². The van der Waals surface area contributed by atoms with E-state index in [9.17, 15) is 30.4 Å². The first kappa shape index (κ1) is 22.3. The quantitative estimate of drug-likeness (QED) is 0.665. The van der Waals surface area contributed by atoms with Crippen LogP contribution in [-0.4, -0.2) is 52.5 Å². The van der Waals surface area contributed by atoms with Crippen molar-refractivity contribution in [3.63, 3.8) is 0 Å². The molecular weight excluding hydrogens is 438 g/mol. The zero-order chi connectivity index (χ0) is 21.9. The number of benzene rings is 2. The topological polar surface area (TPSA) is 101 Å². The van der Waals surface area contributed by atoms with Crippen LogP contribution in [0.5, 0.6) is 0 Å². The second kappa shape index (κ2) is 8.78. The van der Waals surface area contributed by atoms with Gasteiger partial charge in [0.2, 0.25) is 15.9 Å². The van der Waals surface area contributed by atoms with Gasteiger partial charge in [-0.1, -0.05) is 6.07 Å². The van der Waals surface area contributed by atoms with E-state index in [0.717, 1.165) is 24.3 Å². The van der Waals surface area contributed by atoms with Gasteiger partial charge in [-0.3, -0.25) is 4.79 Å². The molecule has 7 nitrogen and oxygen atoms in total. The number of carbonyl (C=O) groups excluding carboxylic acids is 1. The number of piperidine rings is 1. The Kier molecular flexibility index (Phi) is 6.53. The molecule has 2 aromatic rings. The maximum absolute atomic E-state index is 13.2. The Hall–Kier alpha value is -2.37. The number of amides is 1. The summed E-state index contributed by atoms with van der Waals surface area (Å²) in [6.45, 7) is -0.231. The number of sulfone groups is 1. The highest BCUT2D eigenvalue weighted by atomic mass is 32.2. The van der Waals surface area contributed by atoms with Gasteiger partial charge in [-0.15, -0.1) is 0 Å². The second-order valence-corrected chi connectivity index (χ2v) is 10.9. The van der Waals surface area contributed by atoms with Crippen LogP contribution in [0.4, 0.5) is 8.78 Å². The Labute approximate surface area is 173 Å². The number of nitrogens with zero attached hydrogens (tertiary/aromatic N) is 1. The second-order valence-electron chi connectivity index (χ2n) is 6.86. The van der Waals surface area contributed by atoms with E-state index in [4.69, 9.17) is 0 Å². The molecule has 0 bridgehead atoms. The normalized spacial score (nSPS) is 15.9. The molecule has 1 aliphatic heterocycles. The highest BCUT2D eigenvalue weighted by Gasteiger charge is 2.33. The molecular formula is C19H20F2N2O5S2. The lowest BCUT2D eigenvalue weighted by Crippen LogP contribution is -2.46. The molecule has 2 aromatic carbocycles. The number of nitrogens with one attached hydrogen (secondary N) is 1. The Morgan fingerprint density at radius 3 is 2.17 bits per heavy atom. The van der Waals surface area contributed by atoms with Crippen molar-refractivity contribution in [2.75, 3.05) is 19.6 Å². The minimum atomic E-state index is -4.05. The van der Waals surface area contributed by atoms with Crippen molar-refractivity contribution < 1.29 is 30.4 Å². The highest BCUT2D eigenvalue weighted by molar-refractivity contribution is 7.92. The fourth-order valence-electron chi connectivity index (χ4n) is 3.22. The lowest BCUT2D eigenvalue weighted by Gasteiger charge is -2.31. The van der Waals surface area contributed by atoms with Crippen molar-refractivity contribution in [3.05, 3.63) is 60.2 Å². The van der Waals surface area contributed by atoms with E-state index in [1.54, 1.807) is 0 Å². The first-order valence-corrected chi connectivity index (χ1v) is 12.1.